The number of halogens is 1. The summed E-state index contributed by atoms with van der Waals surface area (Å²) in [4.78, 5) is 38.3. The summed E-state index contributed by atoms with van der Waals surface area (Å²) in [5.74, 6) is -0.333. The Morgan fingerprint density at radius 2 is 2.03 bits per heavy atom. The third kappa shape index (κ3) is 2.73. The van der Waals surface area contributed by atoms with E-state index in [4.69, 9.17) is 16.3 Å². The van der Waals surface area contributed by atoms with Crippen LogP contribution in [-0.2, 0) is 23.0 Å². The molecule has 9 heteroatoms. The van der Waals surface area contributed by atoms with E-state index in [0.717, 1.165) is 11.3 Å². The molecule has 3 aliphatic rings. The average molecular weight is 415 g/mol. The molecule has 5 rings (SSSR count). The Balaban J connectivity index is 1.39. The van der Waals surface area contributed by atoms with E-state index in [0.29, 0.717) is 36.4 Å². The quantitative estimate of drug-likeness (QED) is 0.828. The molecule has 0 radical (unpaired) electrons. The third-order valence-electron chi connectivity index (χ3n) is 6.19. The summed E-state index contributed by atoms with van der Waals surface area (Å²) in [5.41, 5.74) is 1.46. The first kappa shape index (κ1) is 18.2. The molecule has 29 heavy (non-hydrogen) atoms. The van der Waals surface area contributed by atoms with Crippen molar-refractivity contribution in [3.63, 3.8) is 0 Å². The minimum atomic E-state index is -1.06. The topological polar surface area (TPSA) is 93.5 Å². The zero-order valence-electron chi connectivity index (χ0n) is 15.7. The van der Waals surface area contributed by atoms with Gasteiger partial charge < -0.3 is 9.64 Å². The van der Waals surface area contributed by atoms with Crippen LogP contribution < -0.4 is 5.32 Å². The van der Waals surface area contributed by atoms with Crippen LogP contribution in [0.4, 0.5) is 4.79 Å². The van der Waals surface area contributed by atoms with Crippen LogP contribution in [0.1, 0.15) is 40.5 Å². The largest absolute Gasteiger partial charge is 0.432 e. The first-order valence-electron chi connectivity index (χ1n) is 9.49. The van der Waals surface area contributed by atoms with Crippen LogP contribution in [0, 0.1) is 5.92 Å². The minimum Gasteiger partial charge on any atom is -0.432 e. The van der Waals surface area contributed by atoms with E-state index in [1.165, 1.54) is 0 Å². The maximum Gasteiger partial charge on any atom is 0.415 e. The minimum absolute atomic E-state index is 0.0299. The van der Waals surface area contributed by atoms with Crippen molar-refractivity contribution in [1.29, 1.82) is 0 Å². The molecule has 0 unspecified atom stereocenters. The number of rotatable bonds is 4. The predicted molar refractivity (Wildman–Crippen MR) is 102 cm³/mol. The summed E-state index contributed by atoms with van der Waals surface area (Å²) in [7, 11) is 1.83. The van der Waals surface area contributed by atoms with Crippen molar-refractivity contribution in [3.05, 3.63) is 52.3 Å². The van der Waals surface area contributed by atoms with Crippen molar-refractivity contribution < 1.29 is 19.1 Å². The van der Waals surface area contributed by atoms with Gasteiger partial charge in [0.05, 0.1) is 23.0 Å². The molecule has 1 saturated carbocycles. The lowest BCUT2D eigenvalue weighted by Crippen LogP contribution is -2.53. The molecule has 2 fully saturated rings. The molecule has 1 N–H and O–H groups in total. The number of amides is 3. The highest BCUT2D eigenvalue weighted by Gasteiger charge is 2.58. The number of ether oxygens (including phenoxy) is 1. The fraction of sp³-hybridized carbons (Fsp3) is 0.400. The van der Waals surface area contributed by atoms with Crippen LogP contribution in [0.2, 0.25) is 5.02 Å². The van der Waals surface area contributed by atoms with E-state index in [1.807, 2.05) is 36.2 Å². The highest BCUT2D eigenvalue weighted by atomic mass is 35.5. The van der Waals surface area contributed by atoms with Gasteiger partial charge in [-0.2, -0.15) is 5.10 Å². The molecule has 150 valence electrons. The van der Waals surface area contributed by atoms with Crippen LogP contribution in [-0.4, -0.2) is 44.7 Å². The number of nitrogens with one attached hydrogen (secondary N) is 1. The van der Waals surface area contributed by atoms with Crippen molar-refractivity contribution in [2.24, 2.45) is 13.0 Å². The Bertz CT molecular complexity index is 1020. The van der Waals surface area contributed by atoms with Gasteiger partial charge in [0.15, 0.2) is 5.60 Å². The van der Waals surface area contributed by atoms with Crippen molar-refractivity contribution in [2.45, 2.75) is 30.9 Å². The van der Waals surface area contributed by atoms with Gasteiger partial charge in [0.25, 0.3) is 11.8 Å². The number of carbonyl (C=O) groups excluding carboxylic acids is 3. The second-order valence-electron chi connectivity index (χ2n) is 7.94. The Kier molecular flexibility index (Phi) is 3.96. The van der Waals surface area contributed by atoms with E-state index in [9.17, 15) is 14.4 Å². The van der Waals surface area contributed by atoms with E-state index >= 15 is 0 Å². The highest BCUT2D eigenvalue weighted by molar-refractivity contribution is 6.31. The zero-order valence-corrected chi connectivity index (χ0v) is 16.5. The van der Waals surface area contributed by atoms with E-state index in [2.05, 4.69) is 10.4 Å². The van der Waals surface area contributed by atoms with Crippen LogP contribution in [0.25, 0.3) is 0 Å². The fourth-order valence-corrected chi connectivity index (χ4v) is 4.97. The van der Waals surface area contributed by atoms with E-state index < -0.39 is 11.7 Å². The predicted octanol–water partition coefficient (Wildman–Crippen LogP) is 2.23. The van der Waals surface area contributed by atoms with Crippen molar-refractivity contribution in [1.82, 2.24) is 20.0 Å². The first-order valence-corrected chi connectivity index (χ1v) is 9.86. The van der Waals surface area contributed by atoms with Crippen molar-refractivity contribution in [3.8, 4) is 0 Å². The Morgan fingerprint density at radius 3 is 2.69 bits per heavy atom. The molecule has 1 atom stereocenters. The Hall–Kier alpha value is -2.87. The third-order valence-corrected chi connectivity index (χ3v) is 6.51. The van der Waals surface area contributed by atoms with Crippen LogP contribution in [0.15, 0.2) is 30.5 Å². The van der Waals surface area contributed by atoms with Gasteiger partial charge in [-0.3, -0.25) is 19.6 Å². The number of fused-ring (bicyclic) bond motifs is 1. The number of hydrogen-bond donors (Lipinski definition) is 1. The Morgan fingerprint density at radius 1 is 1.28 bits per heavy atom. The second kappa shape index (κ2) is 6.32. The van der Waals surface area contributed by atoms with E-state index in [-0.39, 0.29) is 23.8 Å². The second-order valence-corrected chi connectivity index (χ2v) is 8.35. The normalized spacial score (nSPS) is 27.8. The van der Waals surface area contributed by atoms with Gasteiger partial charge in [-0.15, -0.1) is 0 Å². The molecule has 8 nitrogen and oxygen atoms in total. The van der Waals surface area contributed by atoms with Crippen LogP contribution in [0.3, 0.4) is 0 Å². The molecule has 1 spiro atoms. The summed E-state index contributed by atoms with van der Waals surface area (Å²) in [5, 5.41) is 6.96. The maximum atomic E-state index is 13.1. The number of benzene rings is 1. The number of nitrogens with zero attached hydrogens (tertiary/aromatic N) is 3. The molecule has 1 saturated heterocycles. The Labute approximate surface area is 171 Å². The zero-order chi connectivity index (χ0) is 20.3. The SMILES string of the molecule is Cn1ncc(Cl)c1C[C@H]1c2ccccc2C(=O)N1CC1CC2(C1)OC(=O)NC2=O. The molecule has 1 aromatic heterocycles. The standard InChI is InChI=1S/C20H19ClN4O4/c1-24-16(14(21)9-22-24)6-15-12-4-2-3-5-13(12)17(26)25(15)10-11-7-20(8-11)18(27)23-19(28)29-20/h2-5,9,11,15H,6-8,10H2,1H3,(H,23,27,28)/t11?,15-,20?/m0/s1. The molecule has 2 aromatic rings. The first-order chi connectivity index (χ1) is 13.9. The molecule has 3 amide bonds. The lowest BCUT2D eigenvalue weighted by Gasteiger charge is -2.43. The van der Waals surface area contributed by atoms with Gasteiger partial charge in [-0.25, -0.2) is 4.79 Å². The summed E-state index contributed by atoms with van der Waals surface area (Å²) in [6.45, 7) is 0.486. The van der Waals surface area contributed by atoms with Gasteiger partial charge in [0.1, 0.15) is 0 Å². The number of aryl methyl sites for hydroxylation is 1. The molecule has 3 heterocycles. The van der Waals surface area contributed by atoms with Crippen molar-refractivity contribution >= 4 is 29.5 Å². The number of carbonyl (C=O) groups is 3. The van der Waals surface area contributed by atoms with Gasteiger partial charge in [0.2, 0.25) is 0 Å². The molecule has 1 aliphatic carbocycles. The van der Waals surface area contributed by atoms with Crippen LogP contribution in [0.5, 0.6) is 0 Å². The molecule has 0 bridgehead atoms. The van der Waals surface area contributed by atoms with Crippen molar-refractivity contribution in [2.75, 3.05) is 6.54 Å². The highest BCUT2D eigenvalue weighted by Crippen LogP contribution is 2.46. The average Bonchev–Trinajstić information content (AvgIpc) is 3.24. The maximum absolute atomic E-state index is 13.1. The monoisotopic (exact) mass is 414 g/mol. The molecular weight excluding hydrogens is 396 g/mol. The van der Waals surface area contributed by atoms with Gasteiger partial charge in [0, 0.05) is 38.4 Å². The summed E-state index contributed by atoms with van der Waals surface area (Å²) in [6, 6.07) is 7.42. The lowest BCUT2D eigenvalue weighted by molar-refractivity contribution is -0.144. The van der Waals surface area contributed by atoms with Gasteiger partial charge in [-0.05, 0) is 17.5 Å². The lowest BCUT2D eigenvalue weighted by atomic mass is 9.70. The number of imide groups is 1. The molecular formula is C20H19ClN4O4. The number of hydrogen-bond acceptors (Lipinski definition) is 5. The smallest absolute Gasteiger partial charge is 0.415 e. The van der Waals surface area contributed by atoms with E-state index in [1.54, 1.807) is 10.9 Å². The van der Waals surface area contributed by atoms with Gasteiger partial charge >= 0.3 is 6.09 Å². The number of aromatic nitrogens is 2. The summed E-state index contributed by atoms with van der Waals surface area (Å²) in [6.07, 6.45) is 2.30. The van der Waals surface area contributed by atoms with Gasteiger partial charge in [-0.1, -0.05) is 29.8 Å². The number of alkyl carbamates (subject to hydrolysis) is 1. The molecule has 1 aromatic carbocycles. The summed E-state index contributed by atoms with van der Waals surface area (Å²) < 4.78 is 6.92. The summed E-state index contributed by atoms with van der Waals surface area (Å²) >= 11 is 6.31. The molecule has 2 aliphatic heterocycles. The fourth-order valence-electron chi connectivity index (χ4n) is 4.73. The van der Waals surface area contributed by atoms with Crippen LogP contribution >= 0.6 is 11.6 Å².